The summed E-state index contributed by atoms with van der Waals surface area (Å²) in [5.41, 5.74) is 19.2. The summed E-state index contributed by atoms with van der Waals surface area (Å²) in [4.78, 5) is 58.2. The highest BCUT2D eigenvalue weighted by Gasteiger charge is 2.26. The van der Waals surface area contributed by atoms with Gasteiger partial charge in [0, 0.05) is 47.8 Å². The molecule has 2 aromatic heterocycles. The quantitative estimate of drug-likeness (QED) is 0.0655. The molecule has 0 aliphatic carbocycles. The number of pyridine rings is 1. The lowest BCUT2D eigenvalue weighted by Gasteiger charge is -2.22. The Morgan fingerprint density at radius 2 is 1.42 bits per heavy atom. The number of nitrogens with one attached hydrogen (secondary N) is 2. The van der Waals surface area contributed by atoms with Gasteiger partial charge in [-0.2, -0.15) is 10.5 Å². The summed E-state index contributed by atoms with van der Waals surface area (Å²) in [5.74, 6) is -1.64. The fourth-order valence-corrected chi connectivity index (χ4v) is 6.03. The van der Waals surface area contributed by atoms with E-state index >= 15 is 0 Å². The Hall–Kier alpha value is -5.60. The lowest BCUT2D eigenvalue weighted by molar-refractivity contribution is -0.163. The molecule has 17 nitrogen and oxygen atoms in total. The van der Waals surface area contributed by atoms with Crippen LogP contribution in [-0.4, -0.2) is 78.2 Å². The van der Waals surface area contributed by atoms with E-state index in [2.05, 4.69) is 26.7 Å². The summed E-state index contributed by atoms with van der Waals surface area (Å²) < 4.78 is 22.4. The number of nitrogens with two attached hydrogens (primary N) is 3. The normalized spacial score (nSPS) is 11.8. The number of anilines is 1. The van der Waals surface area contributed by atoms with Crippen LogP contribution in [0.25, 0.3) is 22.6 Å². The Morgan fingerprint density at radius 3 is 2.00 bits per heavy atom. The molecule has 0 aliphatic rings. The molecule has 4 aromatic rings. The topological polar surface area (TPSA) is 285 Å². The minimum absolute atomic E-state index is 0. The number of carbonyl (C=O) groups excluding carboxylic acids is 4. The highest BCUT2D eigenvalue weighted by atomic mass is 35.5. The van der Waals surface area contributed by atoms with Crippen LogP contribution < -0.4 is 32.6 Å². The summed E-state index contributed by atoms with van der Waals surface area (Å²) in [6.07, 6.45) is 0.361. The molecule has 4 rings (SSSR count). The number of aromatic nitrogens is 2. The zero-order valence-electron chi connectivity index (χ0n) is 31.8. The fraction of sp³-hybridized carbons (Fsp3) is 0.316. The van der Waals surface area contributed by atoms with Crippen molar-refractivity contribution in [1.29, 1.82) is 10.5 Å². The minimum Gasteiger partial charge on any atom is -0.490 e. The van der Waals surface area contributed by atoms with E-state index in [0.717, 1.165) is 5.56 Å². The minimum atomic E-state index is -1.15. The van der Waals surface area contributed by atoms with E-state index in [1.54, 1.807) is 48.5 Å². The maximum atomic E-state index is 12.9. The van der Waals surface area contributed by atoms with Gasteiger partial charge in [-0.05, 0) is 55.8 Å². The largest absolute Gasteiger partial charge is 0.490 e. The van der Waals surface area contributed by atoms with Gasteiger partial charge in [0.25, 0.3) is 0 Å². The van der Waals surface area contributed by atoms with Crippen molar-refractivity contribution in [2.45, 2.75) is 55.7 Å². The summed E-state index contributed by atoms with van der Waals surface area (Å²) in [6.45, 7) is 2.27. The molecule has 0 spiro atoms. The fourth-order valence-electron chi connectivity index (χ4n) is 5.03. The van der Waals surface area contributed by atoms with E-state index in [0.29, 0.717) is 22.2 Å². The van der Waals surface area contributed by atoms with E-state index in [4.69, 9.17) is 47.4 Å². The zero-order valence-corrected chi connectivity index (χ0v) is 35.0. The second-order valence-corrected chi connectivity index (χ2v) is 13.7. The number of nitriles is 2. The van der Waals surface area contributed by atoms with Crippen molar-refractivity contribution in [2.24, 2.45) is 11.5 Å². The maximum absolute atomic E-state index is 12.9. The Kier molecular flexibility index (Phi) is 20.4. The van der Waals surface area contributed by atoms with E-state index in [1.165, 1.54) is 31.9 Å². The first-order valence-electron chi connectivity index (χ1n) is 17.4. The third-order valence-electron chi connectivity index (χ3n) is 7.89. The number of nitrogen functional groups attached to an aromatic ring is 1. The summed E-state index contributed by atoms with van der Waals surface area (Å²) >= 11 is 7.18. The van der Waals surface area contributed by atoms with Gasteiger partial charge in [0.2, 0.25) is 17.7 Å². The highest BCUT2D eigenvalue weighted by molar-refractivity contribution is 7.98. The first-order valence-corrected chi connectivity index (χ1v) is 18.8. The SMILES string of the molecule is CC(NC(=O)CCN)C(=O)O[C@H](COC(=O)[C@H](C)NC(=O)CCN)COc1ccc(-c2c(C#N)c(N)nc(SCc3coc(-c4ccc(Cl)cc4)n3)c2C#N)cc1.Cl.Cl. The van der Waals surface area contributed by atoms with Gasteiger partial charge in [0.15, 0.2) is 6.10 Å². The Balaban J connectivity index is 0.00000600. The molecule has 0 fully saturated rings. The summed E-state index contributed by atoms with van der Waals surface area (Å²) in [7, 11) is 0. The number of carbonyl (C=O) groups is 4. The van der Waals surface area contributed by atoms with Crippen molar-refractivity contribution in [3.8, 4) is 40.5 Å². The van der Waals surface area contributed by atoms with Crippen LogP contribution >= 0.6 is 48.2 Å². The molecule has 314 valence electrons. The molecule has 8 N–H and O–H groups in total. The number of benzene rings is 2. The highest BCUT2D eigenvalue weighted by Crippen LogP contribution is 2.37. The van der Waals surface area contributed by atoms with Gasteiger partial charge in [0.1, 0.15) is 65.9 Å². The Labute approximate surface area is 361 Å². The first kappa shape index (κ1) is 49.5. The van der Waals surface area contributed by atoms with Crippen molar-refractivity contribution in [3.05, 3.63) is 76.6 Å². The van der Waals surface area contributed by atoms with Crippen LogP contribution in [0.15, 0.2) is 64.2 Å². The molecule has 0 saturated carbocycles. The van der Waals surface area contributed by atoms with Crippen LogP contribution in [0.3, 0.4) is 0 Å². The molecule has 0 aliphatic heterocycles. The number of oxazole rings is 1. The van der Waals surface area contributed by atoms with Crippen molar-refractivity contribution in [2.75, 3.05) is 32.0 Å². The van der Waals surface area contributed by atoms with Crippen LogP contribution in [0.1, 0.15) is 43.5 Å². The van der Waals surface area contributed by atoms with Crippen LogP contribution in [0.5, 0.6) is 5.75 Å². The van der Waals surface area contributed by atoms with Gasteiger partial charge in [-0.25, -0.2) is 19.6 Å². The predicted octanol–water partition coefficient (Wildman–Crippen LogP) is 4.06. The molecule has 2 aromatic carbocycles. The molecule has 3 atom stereocenters. The van der Waals surface area contributed by atoms with Gasteiger partial charge in [0.05, 0.1) is 11.3 Å². The second kappa shape index (κ2) is 24.4. The van der Waals surface area contributed by atoms with Crippen LogP contribution in [0, 0.1) is 22.7 Å². The number of halogens is 3. The second-order valence-electron chi connectivity index (χ2n) is 12.3. The molecule has 2 amide bonds. The van der Waals surface area contributed by atoms with Gasteiger partial charge in [-0.15, -0.1) is 24.8 Å². The lowest BCUT2D eigenvalue weighted by atomic mass is 9.97. The van der Waals surface area contributed by atoms with Crippen LogP contribution in [0.2, 0.25) is 5.02 Å². The number of hydrogen-bond acceptors (Lipinski definition) is 16. The lowest BCUT2D eigenvalue weighted by Crippen LogP contribution is -2.44. The molecule has 0 bridgehead atoms. The number of ether oxygens (including phenoxy) is 3. The summed E-state index contributed by atoms with van der Waals surface area (Å²) in [6, 6.07) is 15.5. The molecule has 0 radical (unpaired) electrons. The number of thioether (sulfide) groups is 1. The van der Waals surface area contributed by atoms with Crippen LogP contribution in [0.4, 0.5) is 5.82 Å². The number of esters is 2. The van der Waals surface area contributed by atoms with Crippen molar-refractivity contribution in [1.82, 2.24) is 20.6 Å². The number of amides is 2. The number of nitrogens with zero attached hydrogens (tertiary/aromatic N) is 4. The first-order chi connectivity index (χ1) is 27.4. The zero-order chi connectivity index (χ0) is 41.5. The molecule has 59 heavy (non-hydrogen) atoms. The molecule has 1 unspecified atom stereocenters. The van der Waals surface area contributed by atoms with E-state index in [1.807, 2.05) is 6.07 Å². The standard InChI is InChI=1S/C38H40ClN9O8S.2ClH/c1-21(45-31(49)11-13-40)37(51)55-19-28(56-38(52)22(2)46-32(50)12-14-41)18-53-27-9-5-23(6-10-27)33-29(15-42)34(44)48-36(30(33)16-43)57-20-26-17-54-35(47-26)24-3-7-25(39)8-4-24;;/h3-10,17,21-22,28H,11-14,18-20,40-41H2,1-2H3,(H2,44,48)(H,45,49)(H,46,50);2*1H/t21-,22?,28-;;/m0../s1. The third kappa shape index (κ3) is 14.3. The molecule has 21 heteroatoms. The smallest absolute Gasteiger partial charge is 0.328 e. The van der Waals surface area contributed by atoms with Gasteiger partial charge >= 0.3 is 11.9 Å². The van der Waals surface area contributed by atoms with E-state index in [-0.39, 0.29) is 96.4 Å². The monoisotopic (exact) mass is 889 g/mol. The molecule has 0 saturated heterocycles. The number of hydrogen-bond donors (Lipinski definition) is 5. The molecular weight excluding hydrogens is 849 g/mol. The van der Waals surface area contributed by atoms with E-state index in [9.17, 15) is 29.7 Å². The maximum Gasteiger partial charge on any atom is 0.328 e. The van der Waals surface area contributed by atoms with Crippen molar-refractivity contribution in [3.63, 3.8) is 0 Å². The summed E-state index contributed by atoms with van der Waals surface area (Å²) in [5, 5.41) is 26.1. The average Bonchev–Trinajstić information content (AvgIpc) is 3.67. The number of rotatable bonds is 19. The van der Waals surface area contributed by atoms with Gasteiger partial charge in [-0.3, -0.25) is 9.59 Å². The average molecular weight is 891 g/mol. The van der Waals surface area contributed by atoms with E-state index < -0.39 is 48.5 Å². The third-order valence-corrected chi connectivity index (χ3v) is 9.15. The predicted molar refractivity (Wildman–Crippen MR) is 223 cm³/mol. The van der Waals surface area contributed by atoms with Crippen LogP contribution in [-0.2, 0) is 34.4 Å². The molecular formula is C38H42Cl3N9O8S. The Morgan fingerprint density at radius 1 is 0.847 bits per heavy atom. The van der Waals surface area contributed by atoms with Crippen molar-refractivity contribution < 1.29 is 37.8 Å². The van der Waals surface area contributed by atoms with Gasteiger partial charge < -0.3 is 46.5 Å². The molecule has 2 heterocycles. The van der Waals surface area contributed by atoms with Gasteiger partial charge in [-0.1, -0.05) is 35.5 Å². The van der Waals surface area contributed by atoms with Crippen molar-refractivity contribution >= 4 is 77.7 Å². The Bertz CT molecular complexity index is 2150.